The second kappa shape index (κ2) is 7.35. The number of nitrogens with one attached hydrogen (secondary N) is 1. The number of carbonyl (C=O) groups is 1. The first-order valence-corrected chi connectivity index (χ1v) is 8.84. The molecule has 1 aliphatic carbocycles. The summed E-state index contributed by atoms with van der Waals surface area (Å²) in [5.74, 6) is 1.91. The van der Waals surface area contributed by atoms with E-state index in [4.69, 9.17) is 4.74 Å². The highest BCUT2D eigenvalue weighted by Gasteiger charge is 2.39. The molecule has 3 atom stereocenters. The molecule has 1 amide bonds. The van der Waals surface area contributed by atoms with Crippen molar-refractivity contribution < 1.29 is 9.53 Å². The third-order valence-electron chi connectivity index (χ3n) is 5.25. The van der Waals surface area contributed by atoms with Gasteiger partial charge in [0.15, 0.2) is 0 Å². The van der Waals surface area contributed by atoms with E-state index in [9.17, 15) is 4.79 Å². The second-order valence-corrected chi connectivity index (χ2v) is 6.95. The normalized spacial score (nSPS) is 25.7. The lowest BCUT2D eigenvalue weighted by atomic mass is 10.0. The van der Waals surface area contributed by atoms with E-state index in [1.807, 2.05) is 12.1 Å². The van der Waals surface area contributed by atoms with Crippen LogP contribution in [0.1, 0.15) is 44.2 Å². The quantitative estimate of drug-likeness (QED) is 0.877. The lowest BCUT2D eigenvalue weighted by molar-refractivity contribution is -0.122. The Hall–Kier alpha value is -1.55. The fraction of sp³-hybridized carbons (Fsp3) is 0.632. The van der Waals surface area contributed by atoms with Crippen LogP contribution >= 0.6 is 0 Å². The van der Waals surface area contributed by atoms with Crippen molar-refractivity contribution in [1.82, 2.24) is 10.2 Å². The van der Waals surface area contributed by atoms with Gasteiger partial charge in [-0.3, -0.25) is 9.69 Å². The molecule has 0 bridgehead atoms. The average molecular weight is 316 g/mol. The minimum absolute atomic E-state index is 0.230. The number of ether oxygens (including phenoxy) is 1. The summed E-state index contributed by atoms with van der Waals surface area (Å²) in [4.78, 5) is 14.7. The number of benzene rings is 1. The van der Waals surface area contributed by atoms with Gasteiger partial charge in [0.25, 0.3) is 0 Å². The smallest absolute Gasteiger partial charge is 0.223 e. The van der Waals surface area contributed by atoms with Crippen molar-refractivity contribution in [2.45, 2.75) is 38.6 Å². The van der Waals surface area contributed by atoms with Crippen LogP contribution in [-0.2, 0) is 4.79 Å². The van der Waals surface area contributed by atoms with E-state index < -0.39 is 0 Å². The Kier molecular flexibility index (Phi) is 5.21. The minimum atomic E-state index is 0.230. The predicted octanol–water partition coefficient (Wildman–Crippen LogP) is 2.99. The summed E-state index contributed by atoms with van der Waals surface area (Å²) in [6.07, 6.45) is 4.86. The van der Waals surface area contributed by atoms with Gasteiger partial charge in [-0.2, -0.15) is 0 Å². The van der Waals surface area contributed by atoms with Crippen molar-refractivity contribution in [1.29, 1.82) is 0 Å². The van der Waals surface area contributed by atoms with Gasteiger partial charge in [0.05, 0.1) is 13.2 Å². The van der Waals surface area contributed by atoms with Gasteiger partial charge in [0.2, 0.25) is 5.91 Å². The van der Waals surface area contributed by atoms with Gasteiger partial charge < -0.3 is 10.1 Å². The fourth-order valence-electron chi connectivity index (χ4n) is 3.53. The highest BCUT2D eigenvalue weighted by Crippen LogP contribution is 2.37. The van der Waals surface area contributed by atoms with E-state index in [1.54, 1.807) is 7.11 Å². The summed E-state index contributed by atoms with van der Waals surface area (Å²) >= 11 is 0. The summed E-state index contributed by atoms with van der Waals surface area (Å²) in [6.45, 7) is 5.09. The maximum Gasteiger partial charge on any atom is 0.223 e. The topological polar surface area (TPSA) is 41.6 Å². The molecule has 1 saturated carbocycles. The zero-order chi connectivity index (χ0) is 16.2. The van der Waals surface area contributed by atoms with Crippen LogP contribution in [-0.4, -0.2) is 37.6 Å². The Balaban J connectivity index is 1.68. The first-order valence-electron chi connectivity index (χ1n) is 8.84. The first-order chi connectivity index (χ1) is 11.2. The van der Waals surface area contributed by atoms with Crippen molar-refractivity contribution in [3.63, 3.8) is 0 Å². The molecule has 2 fully saturated rings. The molecule has 3 rings (SSSR count). The van der Waals surface area contributed by atoms with Crippen molar-refractivity contribution in [2.24, 2.45) is 11.8 Å². The van der Waals surface area contributed by atoms with Gasteiger partial charge in [0.1, 0.15) is 5.75 Å². The van der Waals surface area contributed by atoms with Gasteiger partial charge in [-0.1, -0.05) is 25.5 Å². The molecule has 1 aromatic carbocycles. The Morgan fingerprint density at radius 2 is 1.91 bits per heavy atom. The molecule has 23 heavy (non-hydrogen) atoms. The molecule has 4 nitrogen and oxygen atoms in total. The Bertz CT molecular complexity index is 523. The maximum atomic E-state index is 12.2. The number of likely N-dealkylation sites (tertiary alicyclic amines) is 1. The fourth-order valence-corrected chi connectivity index (χ4v) is 3.53. The number of rotatable bonds is 6. The first kappa shape index (κ1) is 16.3. The van der Waals surface area contributed by atoms with E-state index >= 15 is 0 Å². The third kappa shape index (κ3) is 4.05. The number of carbonyl (C=O) groups excluding carboxylic acids is 1. The van der Waals surface area contributed by atoms with Gasteiger partial charge in [-0.05, 0) is 56.0 Å². The molecule has 1 saturated heterocycles. The molecular weight excluding hydrogens is 288 g/mol. The maximum absolute atomic E-state index is 12.2. The van der Waals surface area contributed by atoms with Crippen LogP contribution in [0.2, 0.25) is 0 Å². The third-order valence-corrected chi connectivity index (χ3v) is 5.25. The monoisotopic (exact) mass is 316 g/mol. The van der Waals surface area contributed by atoms with Crippen molar-refractivity contribution in [3.8, 4) is 5.75 Å². The minimum Gasteiger partial charge on any atom is -0.497 e. The standard InChI is InChI=1S/C19H28N2O2/c1-14-12-17(14)19(22)20-13-18(21-10-4-3-5-11-21)15-6-8-16(23-2)9-7-15/h6-9,14,17-18H,3-5,10-13H2,1-2H3,(H,20,22)/t14-,17+,18+/m1/s1. The summed E-state index contributed by atoms with van der Waals surface area (Å²) in [5, 5.41) is 3.19. The predicted molar refractivity (Wildman–Crippen MR) is 91.4 cm³/mol. The molecule has 4 heteroatoms. The Labute approximate surface area is 139 Å². The number of hydrogen-bond acceptors (Lipinski definition) is 3. The molecule has 0 unspecified atom stereocenters. The number of nitrogens with zero attached hydrogens (tertiary/aromatic N) is 1. The van der Waals surface area contributed by atoms with Crippen LogP contribution in [0, 0.1) is 11.8 Å². The van der Waals surface area contributed by atoms with Gasteiger partial charge in [-0.25, -0.2) is 0 Å². The summed E-state index contributed by atoms with van der Waals surface area (Å²) in [7, 11) is 1.69. The lowest BCUT2D eigenvalue weighted by Gasteiger charge is -2.35. The molecule has 1 heterocycles. The van der Waals surface area contributed by atoms with E-state index in [-0.39, 0.29) is 17.9 Å². The molecule has 126 valence electrons. The molecule has 1 aromatic rings. The summed E-state index contributed by atoms with van der Waals surface area (Å²) in [5.41, 5.74) is 1.26. The molecule has 0 spiro atoms. The molecule has 2 aliphatic rings. The molecule has 0 aromatic heterocycles. The molecule has 0 radical (unpaired) electrons. The van der Waals surface area contributed by atoms with Crippen LogP contribution < -0.4 is 10.1 Å². The van der Waals surface area contributed by atoms with Crippen LogP contribution in [0.3, 0.4) is 0 Å². The SMILES string of the molecule is COc1ccc([C@H](CNC(=O)[C@H]2C[C@H]2C)N2CCCCC2)cc1. The highest BCUT2D eigenvalue weighted by atomic mass is 16.5. The Morgan fingerprint density at radius 1 is 1.26 bits per heavy atom. The summed E-state index contributed by atoms with van der Waals surface area (Å²) < 4.78 is 5.26. The molecule has 1 N–H and O–H groups in total. The zero-order valence-electron chi connectivity index (χ0n) is 14.3. The average Bonchev–Trinajstić information content (AvgIpc) is 3.33. The Morgan fingerprint density at radius 3 is 2.48 bits per heavy atom. The van der Waals surface area contributed by atoms with E-state index in [0.717, 1.165) is 25.3 Å². The second-order valence-electron chi connectivity index (χ2n) is 6.95. The zero-order valence-corrected chi connectivity index (χ0v) is 14.3. The number of amides is 1. The van der Waals surface area contributed by atoms with E-state index in [2.05, 4.69) is 29.3 Å². The van der Waals surface area contributed by atoms with Crippen LogP contribution in [0.4, 0.5) is 0 Å². The van der Waals surface area contributed by atoms with Gasteiger partial charge in [0, 0.05) is 12.5 Å². The van der Waals surface area contributed by atoms with Crippen LogP contribution in [0.25, 0.3) is 0 Å². The lowest BCUT2D eigenvalue weighted by Crippen LogP contribution is -2.41. The summed E-state index contributed by atoms with van der Waals surface area (Å²) in [6, 6.07) is 8.54. The number of methoxy groups -OCH3 is 1. The van der Waals surface area contributed by atoms with Crippen LogP contribution in [0.15, 0.2) is 24.3 Å². The van der Waals surface area contributed by atoms with E-state index in [1.165, 1.54) is 24.8 Å². The van der Waals surface area contributed by atoms with Gasteiger partial charge >= 0.3 is 0 Å². The highest BCUT2D eigenvalue weighted by molar-refractivity contribution is 5.81. The van der Waals surface area contributed by atoms with E-state index in [0.29, 0.717) is 12.5 Å². The van der Waals surface area contributed by atoms with Crippen molar-refractivity contribution in [2.75, 3.05) is 26.7 Å². The van der Waals surface area contributed by atoms with Crippen molar-refractivity contribution >= 4 is 5.91 Å². The van der Waals surface area contributed by atoms with Gasteiger partial charge in [-0.15, -0.1) is 0 Å². The number of piperidine rings is 1. The van der Waals surface area contributed by atoms with Crippen LogP contribution in [0.5, 0.6) is 5.75 Å². The number of hydrogen-bond donors (Lipinski definition) is 1. The molecular formula is C19H28N2O2. The van der Waals surface area contributed by atoms with Crippen molar-refractivity contribution in [3.05, 3.63) is 29.8 Å². The molecule has 1 aliphatic heterocycles. The largest absolute Gasteiger partial charge is 0.497 e.